The Labute approximate surface area is 79.1 Å². The van der Waals surface area contributed by atoms with Gasteiger partial charge in [0.25, 0.3) is 0 Å². The Morgan fingerprint density at radius 2 is 2.17 bits per heavy atom. The van der Waals surface area contributed by atoms with Gasteiger partial charge in [0, 0.05) is 11.0 Å². The lowest BCUT2D eigenvalue weighted by Gasteiger charge is -2.02. The third-order valence-corrected chi connectivity index (χ3v) is 1.18. The number of hydrogen-bond donors (Lipinski definition) is 1. The summed E-state index contributed by atoms with van der Waals surface area (Å²) in [5.41, 5.74) is 0. The Bertz CT molecular complexity index is 203. The van der Waals surface area contributed by atoms with Crippen LogP contribution in [0.1, 0.15) is 6.92 Å². The van der Waals surface area contributed by atoms with Gasteiger partial charge < -0.3 is 10.1 Å². The van der Waals surface area contributed by atoms with Gasteiger partial charge in [0.2, 0.25) is 0 Å². The molecule has 68 valence electrons. The average molecular weight is 236 g/mol. The van der Waals surface area contributed by atoms with Gasteiger partial charge in [0.1, 0.15) is 0 Å². The molecule has 0 fully saturated rings. The summed E-state index contributed by atoms with van der Waals surface area (Å²) in [5, 5.41) is 2.31. The lowest BCUT2D eigenvalue weighted by Crippen LogP contribution is -2.33. The highest BCUT2D eigenvalue weighted by atomic mass is 79.9. The van der Waals surface area contributed by atoms with Crippen molar-refractivity contribution in [2.75, 3.05) is 13.2 Å². The monoisotopic (exact) mass is 235 g/mol. The number of rotatable bonds is 3. The molecule has 0 atom stereocenters. The highest BCUT2D eigenvalue weighted by Crippen LogP contribution is 1.96. The molecule has 0 unspecified atom stereocenters. The minimum absolute atomic E-state index is 0.196. The molecule has 1 N–H and O–H groups in total. The van der Waals surface area contributed by atoms with Gasteiger partial charge in [-0.3, -0.25) is 4.79 Å². The van der Waals surface area contributed by atoms with Crippen LogP contribution in [-0.4, -0.2) is 25.0 Å². The normalized spacial score (nSPS) is 8.83. The lowest BCUT2D eigenvalue weighted by molar-refractivity contribution is -0.154. The minimum Gasteiger partial charge on any atom is -0.459 e. The lowest BCUT2D eigenvalue weighted by atomic mass is 10.5. The van der Waals surface area contributed by atoms with Crippen molar-refractivity contribution >= 4 is 27.8 Å². The third kappa shape index (κ3) is 4.90. The maximum absolute atomic E-state index is 10.8. The van der Waals surface area contributed by atoms with Crippen LogP contribution in [0, 0.1) is 0 Å². The number of hydrogen-bond acceptors (Lipinski definition) is 3. The summed E-state index contributed by atoms with van der Waals surface area (Å²) in [5.74, 6) is -1.62. The molecule has 0 radical (unpaired) electrons. The first-order chi connectivity index (χ1) is 5.57. The zero-order valence-corrected chi connectivity index (χ0v) is 8.31. The van der Waals surface area contributed by atoms with Gasteiger partial charge in [0.05, 0.1) is 6.61 Å². The van der Waals surface area contributed by atoms with Crippen molar-refractivity contribution in [2.24, 2.45) is 0 Å². The van der Waals surface area contributed by atoms with Crippen molar-refractivity contribution in [1.82, 2.24) is 5.32 Å². The van der Waals surface area contributed by atoms with E-state index in [0.717, 1.165) is 0 Å². The van der Waals surface area contributed by atoms with Crippen LogP contribution in [0.4, 0.5) is 0 Å². The van der Waals surface area contributed by atoms with Crippen molar-refractivity contribution in [3.63, 3.8) is 0 Å². The average Bonchev–Trinajstić information content (AvgIpc) is 2.00. The molecule has 0 saturated carbocycles. The van der Waals surface area contributed by atoms with Crippen molar-refractivity contribution in [2.45, 2.75) is 6.92 Å². The Morgan fingerprint density at radius 3 is 2.58 bits per heavy atom. The first-order valence-electron chi connectivity index (χ1n) is 3.36. The SMILES string of the molecule is C=C(Br)CNC(=O)C(=O)OCC. The smallest absolute Gasteiger partial charge is 0.396 e. The highest BCUT2D eigenvalue weighted by molar-refractivity contribution is 9.11. The summed E-state index contributed by atoms with van der Waals surface area (Å²) in [6, 6.07) is 0. The molecule has 0 rings (SSSR count). The van der Waals surface area contributed by atoms with Crippen molar-refractivity contribution < 1.29 is 14.3 Å². The standard InChI is InChI=1S/C7H10BrNO3/c1-3-12-7(11)6(10)9-4-5(2)8/h2-4H2,1H3,(H,9,10). The first-order valence-corrected chi connectivity index (χ1v) is 4.15. The Hall–Kier alpha value is -0.840. The molecule has 0 saturated heterocycles. The molecule has 5 heteroatoms. The molecule has 0 aliphatic carbocycles. The molecule has 0 bridgehead atoms. The van der Waals surface area contributed by atoms with Crippen LogP contribution in [-0.2, 0) is 14.3 Å². The van der Waals surface area contributed by atoms with Gasteiger partial charge in [-0.1, -0.05) is 22.5 Å². The van der Waals surface area contributed by atoms with Crippen LogP contribution >= 0.6 is 15.9 Å². The predicted molar refractivity (Wildman–Crippen MR) is 47.7 cm³/mol. The van der Waals surface area contributed by atoms with E-state index in [1.165, 1.54) is 0 Å². The van der Waals surface area contributed by atoms with Gasteiger partial charge in [-0.05, 0) is 6.92 Å². The van der Waals surface area contributed by atoms with Crippen LogP contribution in [0.2, 0.25) is 0 Å². The van der Waals surface area contributed by atoms with Gasteiger partial charge in [0.15, 0.2) is 0 Å². The van der Waals surface area contributed by atoms with E-state index in [0.29, 0.717) is 4.48 Å². The van der Waals surface area contributed by atoms with Crippen LogP contribution in [0.25, 0.3) is 0 Å². The molecule has 0 aliphatic heterocycles. The fraction of sp³-hybridized carbons (Fsp3) is 0.429. The number of amides is 1. The molecule has 0 aromatic heterocycles. The second kappa shape index (κ2) is 5.77. The van der Waals surface area contributed by atoms with Crippen LogP contribution in [0.3, 0.4) is 0 Å². The highest BCUT2D eigenvalue weighted by Gasteiger charge is 2.13. The zero-order chi connectivity index (χ0) is 9.56. The number of halogens is 1. The van der Waals surface area contributed by atoms with Gasteiger partial charge >= 0.3 is 11.9 Å². The second-order valence-corrected chi connectivity index (χ2v) is 3.04. The van der Waals surface area contributed by atoms with Crippen molar-refractivity contribution in [3.8, 4) is 0 Å². The van der Waals surface area contributed by atoms with E-state index in [1.54, 1.807) is 6.92 Å². The Morgan fingerprint density at radius 1 is 1.58 bits per heavy atom. The van der Waals surface area contributed by atoms with Gasteiger partial charge in [-0.15, -0.1) is 0 Å². The molecule has 0 aromatic carbocycles. The topological polar surface area (TPSA) is 55.4 Å². The van der Waals surface area contributed by atoms with E-state index in [2.05, 4.69) is 32.6 Å². The Balaban J connectivity index is 3.72. The predicted octanol–water partition coefficient (Wildman–Crippen LogP) is 0.574. The maximum atomic E-state index is 10.8. The summed E-state index contributed by atoms with van der Waals surface area (Å²) >= 11 is 3.03. The van der Waals surface area contributed by atoms with Crippen LogP contribution in [0.15, 0.2) is 11.1 Å². The largest absolute Gasteiger partial charge is 0.459 e. The van der Waals surface area contributed by atoms with E-state index in [4.69, 9.17) is 0 Å². The number of carbonyl (C=O) groups excluding carboxylic acids is 2. The summed E-state index contributed by atoms with van der Waals surface area (Å²) < 4.78 is 5.04. The van der Waals surface area contributed by atoms with Crippen molar-refractivity contribution in [1.29, 1.82) is 0 Å². The van der Waals surface area contributed by atoms with E-state index >= 15 is 0 Å². The summed E-state index contributed by atoms with van der Waals surface area (Å²) in [7, 11) is 0. The second-order valence-electron chi connectivity index (χ2n) is 1.92. The summed E-state index contributed by atoms with van der Waals surface area (Å²) in [6.07, 6.45) is 0. The summed E-state index contributed by atoms with van der Waals surface area (Å²) in [4.78, 5) is 21.5. The maximum Gasteiger partial charge on any atom is 0.396 e. The molecule has 0 aromatic rings. The van der Waals surface area contributed by atoms with Crippen LogP contribution in [0.5, 0.6) is 0 Å². The molecular weight excluding hydrogens is 226 g/mol. The number of ether oxygens (including phenoxy) is 1. The number of carbonyl (C=O) groups is 2. The molecular formula is C7H10BrNO3. The minimum atomic E-state index is -0.869. The van der Waals surface area contributed by atoms with E-state index < -0.39 is 11.9 Å². The molecule has 4 nitrogen and oxygen atoms in total. The van der Waals surface area contributed by atoms with Gasteiger partial charge in [-0.25, -0.2) is 4.79 Å². The zero-order valence-electron chi connectivity index (χ0n) is 6.72. The van der Waals surface area contributed by atoms with E-state index in [1.807, 2.05) is 0 Å². The van der Waals surface area contributed by atoms with E-state index in [9.17, 15) is 9.59 Å². The molecule has 12 heavy (non-hydrogen) atoms. The fourth-order valence-corrected chi connectivity index (χ4v) is 0.585. The third-order valence-electron chi connectivity index (χ3n) is 0.902. The molecule has 1 amide bonds. The summed E-state index contributed by atoms with van der Waals surface area (Å²) in [6.45, 7) is 5.53. The van der Waals surface area contributed by atoms with Crippen molar-refractivity contribution in [3.05, 3.63) is 11.1 Å². The van der Waals surface area contributed by atoms with Crippen LogP contribution < -0.4 is 5.32 Å². The van der Waals surface area contributed by atoms with E-state index in [-0.39, 0.29) is 13.2 Å². The Kier molecular flexibility index (Phi) is 5.36. The first kappa shape index (κ1) is 11.2. The fourth-order valence-electron chi connectivity index (χ4n) is 0.445. The molecule has 0 spiro atoms. The number of nitrogens with one attached hydrogen (secondary N) is 1. The quantitative estimate of drug-likeness (QED) is 0.575. The molecule has 0 aliphatic rings. The molecule has 0 heterocycles. The van der Waals surface area contributed by atoms with Gasteiger partial charge in [-0.2, -0.15) is 0 Å². The number of esters is 1.